The third kappa shape index (κ3) is 3.71. The van der Waals surface area contributed by atoms with Gasteiger partial charge in [0.15, 0.2) is 0 Å². The van der Waals surface area contributed by atoms with Gasteiger partial charge in [-0.15, -0.1) is 0 Å². The summed E-state index contributed by atoms with van der Waals surface area (Å²) < 4.78 is 13.3. The molecule has 0 fully saturated rings. The number of alkyl halides is 1. The van der Waals surface area contributed by atoms with Crippen LogP contribution in [-0.4, -0.2) is 18.4 Å². The Labute approximate surface area is 119 Å². The van der Waals surface area contributed by atoms with Crippen molar-refractivity contribution in [1.29, 1.82) is 0 Å². The number of hydrogen-bond donors (Lipinski definition) is 0. The van der Waals surface area contributed by atoms with Gasteiger partial charge in [-0.05, 0) is 43.4 Å². The van der Waals surface area contributed by atoms with Crippen molar-refractivity contribution in [2.75, 3.05) is 23.3 Å². The van der Waals surface area contributed by atoms with Crippen molar-refractivity contribution in [3.05, 3.63) is 30.1 Å². The summed E-state index contributed by atoms with van der Waals surface area (Å²) in [5.74, 6) is -0.164. The summed E-state index contributed by atoms with van der Waals surface area (Å²) in [6, 6.07) is 6.88. The SMILES string of the molecule is CCN(CC(CC)(CC)CBr)c1cccc(F)c1. The molecule has 0 unspecified atom stereocenters. The van der Waals surface area contributed by atoms with Crippen LogP contribution < -0.4 is 4.90 Å². The van der Waals surface area contributed by atoms with Crippen LogP contribution in [0.25, 0.3) is 0 Å². The molecule has 0 aromatic heterocycles. The second kappa shape index (κ2) is 7.13. The lowest BCUT2D eigenvalue weighted by Gasteiger charge is -2.36. The van der Waals surface area contributed by atoms with Gasteiger partial charge in [-0.3, -0.25) is 0 Å². The fourth-order valence-electron chi connectivity index (χ4n) is 2.17. The molecule has 1 aromatic carbocycles. The summed E-state index contributed by atoms with van der Waals surface area (Å²) in [4.78, 5) is 2.26. The first-order chi connectivity index (χ1) is 8.60. The minimum atomic E-state index is -0.164. The molecule has 1 rings (SSSR count). The fourth-order valence-corrected chi connectivity index (χ4v) is 3.14. The van der Waals surface area contributed by atoms with E-state index in [2.05, 4.69) is 41.6 Å². The van der Waals surface area contributed by atoms with E-state index in [1.165, 1.54) is 6.07 Å². The number of halogens is 2. The third-order valence-corrected chi connectivity index (χ3v) is 5.05. The van der Waals surface area contributed by atoms with Crippen LogP contribution in [0.15, 0.2) is 24.3 Å². The van der Waals surface area contributed by atoms with E-state index in [4.69, 9.17) is 0 Å². The molecule has 0 saturated carbocycles. The average Bonchev–Trinajstić information content (AvgIpc) is 2.41. The van der Waals surface area contributed by atoms with Gasteiger partial charge in [0.25, 0.3) is 0 Å². The molecule has 0 aliphatic rings. The van der Waals surface area contributed by atoms with Crippen molar-refractivity contribution < 1.29 is 4.39 Å². The van der Waals surface area contributed by atoms with Gasteiger partial charge in [0.2, 0.25) is 0 Å². The summed E-state index contributed by atoms with van der Waals surface area (Å²) in [5, 5.41) is 0.985. The number of nitrogens with zero attached hydrogens (tertiary/aromatic N) is 1. The first-order valence-electron chi connectivity index (χ1n) is 6.67. The highest BCUT2D eigenvalue weighted by molar-refractivity contribution is 9.09. The topological polar surface area (TPSA) is 3.24 Å². The van der Waals surface area contributed by atoms with Crippen molar-refractivity contribution >= 4 is 21.6 Å². The second-order valence-electron chi connectivity index (χ2n) is 4.83. The summed E-state index contributed by atoms with van der Waals surface area (Å²) >= 11 is 3.64. The standard InChI is InChI=1S/C15H23BrFN/c1-4-15(5-2,11-16)12-18(6-3)14-9-7-8-13(17)10-14/h7-10H,4-6,11-12H2,1-3H3. The van der Waals surface area contributed by atoms with Crippen LogP contribution in [0.1, 0.15) is 33.6 Å². The van der Waals surface area contributed by atoms with Gasteiger partial charge in [0.05, 0.1) is 0 Å². The molecule has 0 radical (unpaired) electrons. The third-order valence-electron chi connectivity index (χ3n) is 3.86. The molecule has 1 aromatic rings. The Morgan fingerprint density at radius 2 is 1.89 bits per heavy atom. The fraction of sp³-hybridized carbons (Fsp3) is 0.600. The second-order valence-corrected chi connectivity index (χ2v) is 5.40. The monoisotopic (exact) mass is 315 g/mol. The molecule has 0 spiro atoms. The molecule has 0 heterocycles. The lowest BCUT2D eigenvalue weighted by molar-refractivity contribution is 0.312. The normalized spacial score (nSPS) is 11.6. The quantitative estimate of drug-likeness (QED) is 0.650. The Balaban J connectivity index is 2.90. The van der Waals surface area contributed by atoms with E-state index >= 15 is 0 Å². The van der Waals surface area contributed by atoms with Gasteiger partial charge in [0, 0.05) is 24.1 Å². The number of benzene rings is 1. The summed E-state index contributed by atoms with van der Waals surface area (Å²) in [5.41, 5.74) is 1.24. The Morgan fingerprint density at radius 1 is 1.22 bits per heavy atom. The van der Waals surface area contributed by atoms with Crippen LogP contribution in [0.4, 0.5) is 10.1 Å². The molecule has 0 N–H and O–H groups in total. The maximum atomic E-state index is 13.3. The molecule has 0 aliphatic carbocycles. The highest BCUT2D eigenvalue weighted by atomic mass is 79.9. The van der Waals surface area contributed by atoms with Crippen LogP contribution in [-0.2, 0) is 0 Å². The van der Waals surface area contributed by atoms with Crippen LogP contribution in [0, 0.1) is 11.2 Å². The van der Waals surface area contributed by atoms with Crippen molar-refractivity contribution in [3.8, 4) is 0 Å². The Morgan fingerprint density at radius 3 is 2.33 bits per heavy atom. The lowest BCUT2D eigenvalue weighted by atomic mass is 9.84. The van der Waals surface area contributed by atoms with E-state index in [0.717, 1.165) is 36.9 Å². The van der Waals surface area contributed by atoms with Gasteiger partial charge in [-0.25, -0.2) is 4.39 Å². The van der Waals surface area contributed by atoms with Crippen LogP contribution >= 0.6 is 15.9 Å². The Bertz CT molecular complexity index is 355. The minimum Gasteiger partial charge on any atom is -0.371 e. The molecule has 0 saturated heterocycles. The number of hydrogen-bond acceptors (Lipinski definition) is 1. The average molecular weight is 316 g/mol. The molecule has 3 heteroatoms. The predicted octanol–water partition coefficient (Wildman–Crippen LogP) is 4.85. The predicted molar refractivity (Wildman–Crippen MR) is 81.1 cm³/mol. The van der Waals surface area contributed by atoms with Gasteiger partial charge < -0.3 is 4.90 Å². The zero-order valence-corrected chi connectivity index (χ0v) is 13.1. The Kier molecular flexibility index (Phi) is 6.13. The molecule has 0 aliphatic heterocycles. The molecule has 18 heavy (non-hydrogen) atoms. The maximum Gasteiger partial charge on any atom is 0.125 e. The summed E-state index contributed by atoms with van der Waals surface area (Å²) in [6.45, 7) is 8.44. The summed E-state index contributed by atoms with van der Waals surface area (Å²) in [6.07, 6.45) is 2.25. The lowest BCUT2D eigenvalue weighted by Crippen LogP contribution is -2.38. The van der Waals surface area contributed by atoms with E-state index in [-0.39, 0.29) is 11.2 Å². The van der Waals surface area contributed by atoms with Crippen molar-refractivity contribution in [2.45, 2.75) is 33.6 Å². The number of anilines is 1. The summed E-state index contributed by atoms with van der Waals surface area (Å²) in [7, 11) is 0. The van der Waals surface area contributed by atoms with Crippen LogP contribution in [0.3, 0.4) is 0 Å². The maximum absolute atomic E-state index is 13.3. The van der Waals surface area contributed by atoms with E-state index in [9.17, 15) is 4.39 Å². The van der Waals surface area contributed by atoms with Gasteiger partial charge in [-0.1, -0.05) is 35.8 Å². The van der Waals surface area contributed by atoms with Crippen LogP contribution in [0.2, 0.25) is 0 Å². The molecule has 1 nitrogen and oxygen atoms in total. The van der Waals surface area contributed by atoms with Crippen LogP contribution in [0.5, 0.6) is 0 Å². The van der Waals surface area contributed by atoms with Crippen molar-refractivity contribution in [2.24, 2.45) is 5.41 Å². The largest absolute Gasteiger partial charge is 0.371 e. The Hall–Kier alpha value is -0.570. The molecule has 102 valence electrons. The van der Waals surface area contributed by atoms with E-state index in [0.29, 0.717) is 0 Å². The first-order valence-corrected chi connectivity index (χ1v) is 7.79. The highest BCUT2D eigenvalue weighted by Gasteiger charge is 2.27. The molecule has 0 amide bonds. The van der Waals surface area contributed by atoms with E-state index in [1.807, 2.05) is 6.07 Å². The van der Waals surface area contributed by atoms with Crippen molar-refractivity contribution in [1.82, 2.24) is 0 Å². The van der Waals surface area contributed by atoms with Gasteiger partial charge in [-0.2, -0.15) is 0 Å². The van der Waals surface area contributed by atoms with Gasteiger partial charge in [0.1, 0.15) is 5.82 Å². The van der Waals surface area contributed by atoms with E-state index < -0.39 is 0 Å². The number of rotatable bonds is 7. The smallest absolute Gasteiger partial charge is 0.125 e. The zero-order chi connectivity index (χ0) is 13.6. The zero-order valence-electron chi connectivity index (χ0n) is 11.5. The molecular weight excluding hydrogens is 293 g/mol. The first kappa shape index (κ1) is 15.5. The van der Waals surface area contributed by atoms with Gasteiger partial charge >= 0.3 is 0 Å². The molecular formula is C15H23BrFN. The molecule has 0 atom stereocenters. The highest BCUT2D eigenvalue weighted by Crippen LogP contribution is 2.31. The van der Waals surface area contributed by atoms with Crippen molar-refractivity contribution in [3.63, 3.8) is 0 Å². The molecule has 0 bridgehead atoms. The van der Waals surface area contributed by atoms with E-state index in [1.54, 1.807) is 12.1 Å². The minimum absolute atomic E-state index is 0.164.